The predicted octanol–water partition coefficient (Wildman–Crippen LogP) is 0.863. The highest BCUT2D eigenvalue weighted by Gasteiger charge is 2.10. The highest BCUT2D eigenvalue weighted by Crippen LogP contribution is 2.15. The second-order valence-corrected chi connectivity index (χ2v) is 3.18. The van der Waals surface area contributed by atoms with Crippen molar-refractivity contribution in [2.45, 2.75) is 6.04 Å². The molecule has 0 fully saturated rings. The highest BCUT2D eigenvalue weighted by atomic mass is 15.2. The summed E-state index contributed by atoms with van der Waals surface area (Å²) in [6.07, 6.45) is 5.41. The highest BCUT2D eigenvalue weighted by molar-refractivity contribution is 5.22. The lowest BCUT2D eigenvalue weighted by atomic mass is 10.1. The lowest BCUT2D eigenvalue weighted by molar-refractivity contribution is 0.763. The smallest absolute Gasteiger partial charge is 0.0757 e. The number of pyridine rings is 1. The Bertz CT molecular complexity index is 407. The first-order valence-corrected chi connectivity index (χ1v) is 4.42. The lowest BCUT2D eigenvalue weighted by Gasteiger charge is -2.07. The SMILES string of the molecule is Cn1cc(C(N)c2ccccn2)cn1. The maximum atomic E-state index is 6.01. The second-order valence-electron chi connectivity index (χ2n) is 3.18. The van der Waals surface area contributed by atoms with Crippen LogP contribution in [0.4, 0.5) is 0 Å². The van der Waals surface area contributed by atoms with Crippen LogP contribution >= 0.6 is 0 Å². The van der Waals surface area contributed by atoms with Gasteiger partial charge in [0, 0.05) is 25.0 Å². The van der Waals surface area contributed by atoms with Gasteiger partial charge in [-0.3, -0.25) is 9.67 Å². The van der Waals surface area contributed by atoms with Crippen molar-refractivity contribution in [3.05, 3.63) is 48.0 Å². The zero-order chi connectivity index (χ0) is 9.97. The van der Waals surface area contributed by atoms with Gasteiger partial charge in [-0.1, -0.05) is 6.07 Å². The fraction of sp³-hybridized carbons (Fsp3) is 0.200. The zero-order valence-corrected chi connectivity index (χ0v) is 7.96. The summed E-state index contributed by atoms with van der Waals surface area (Å²) in [6, 6.07) is 5.53. The number of nitrogens with zero attached hydrogens (tertiary/aromatic N) is 3. The average Bonchev–Trinajstić information content (AvgIpc) is 2.65. The fourth-order valence-corrected chi connectivity index (χ4v) is 1.33. The molecule has 1 atom stereocenters. The Balaban J connectivity index is 2.29. The summed E-state index contributed by atoms with van der Waals surface area (Å²) in [5.74, 6) is 0. The molecular formula is C10H12N4. The molecule has 0 radical (unpaired) electrons. The minimum absolute atomic E-state index is 0.190. The van der Waals surface area contributed by atoms with E-state index < -0.39 is 0 Å². The van der Waals surface area contributed by atoms with Crippen LogP contribution in [0.25, 0.3) is 0 Å². The van der Waals surface area contributed by atoms with Crippen LogP contribution in [0.2, 0.25) is 0 Å². The lowest BCUT2D eigenvalue weighted by Crippen LogP contribution is -2.12. The van der Waals surface area contributed by atoms with E-state index in [1.807, 2.05) is 31.4 Å². The molecule has 0 aliphatic heterocycles. The first kappa shape index (κ1) is 8.90. The molecule has 72 valence electrons. The Morgan fingerprint density at radius 3 is 2.86 bits per heavy atom. The summed E-state index contributed by atoms with van der Waals surface area (Å²) in [5, 5.41) is 4.07. The Kier molecular flexibility index (Phi) is 2.28. The van der Waals surface area contributed by atoms with Crippen molar-refractivity contribution >= 4 is 0 Å². The topological polar surface area (TPSA) is 56.7 Å². The molecule has 14 heavy (non-hydrogen) atoms. The molecule has 4 nitrogen and oxygen atoms in total. The summed E-state index contributed by atoms with van der Waals surface area (Å²) < 4.78 is 1.73. The van der Waals surface area contributed by atoms with Crippen LogP contribution in [0.1, 0.15) is 17.3 Å². The molecule has 0 aromatic carbocycles. The zero-order valence-electron chi connectivity index (χ0n) is 7.96. The van der Waals surface area contributed by atoms with E-state index in [1.54, 1.807) is 17.1 Å². The summed E-state index contributed by atoms with van der Waals surface area (Å²) in [4.78, 5) is 4.20. The molecule has 0 saturated heterocycles. The molecule has 0 saturated carbocycles. The maximum Gasteiger partial charge on any atom is 0.0757 e. The molecule has 2 heterocycles. The van der Waals surface area contributed by atoms with E-state index in [0.717, 1.165) is 11.3 Å². The van der Waals surface area contributed by atoms with Gasteiger partial charge >= 0.3 is 0 Å². The average molecular weight is 188 g/mol. The largest absolute Gasteiger partial charge is 0.319 e. The predicted molar refractivity (Wildman–Crippen MR) is 53.5 cm³/mol. The standard InChI is InChI=1S/C10H12N4/c1-14-7-8(6-13-14)10(11)9-4-2-3-5-12-9/h2-7,10H,11H2,1H3. The van der Waals surface area contributed by atoms with Crippen molar-refractivity contribution in [3.8, 4) is 0 Å². The number of nitrogens with two attached hydrogens (primary N) is 1. The Morgan fingerprint density at radius 1 is 1.43 bits per heavy atom. The van der Waals surface area contributed by atoms with Crippen molar-refractivity contribution in [2.75, 3.05) is 0 Å². The van der Waals surface area contributed by atoms with Crippen LogP contribution in [-0.4, -0.2) is 14.8 Å². The summed E-state index contributed by atoms with van der Waals surface area (Å²) in [6.45, 7) is 0. The summed E-state index contributed by atoms with van der Waals surface area (Å²) in [5.41, 5.74) is 7.85. The third-order valence-corrected chi connectivity index (χ3v) is 2.09. The molecule has 0 amide bonds. The molecular weight excluding hydrogens is 176 g/mol. The van der Waals surface area contributed by atoms with Crippen molar-refractivity contribution in [3.63, 3.8) is 0 Å². The molecule has 0 aliphatic carbocycles. The Morgan fingerprint density at radius 2 is 2.29 bits per heavy atom. The van der Waals surface area contributed by atoms with Gasteiger partial charge in [0.05, 0.1) is 17.9 Å². The molecule has 2 N–H and O–H groups in total. The van der Waals surface area contributed by atoms with Gasteiger partial charge in [0.2, 0.25) is 0 Å². The molecule has 2 aromatic heterocycles. The number of hydrogen-bond donors (Lipinski definition) is 1. The van der Waals surface area contributed by atoms with Gasteiger partial charge in [0.15, 0.2) is 0 Å². The van der Waals surface area contributed by atoms with E-state index in [0.29, 0.717) is 0 Å². The Hall–Kier alpha value is -1.68. The van der Waals surface area contributed by atoms with E-state index in [-0.39, 0.29) is 6.04 Å². The number of aryl methyl sites for hydroxylation is 1. The van der Waals surface area contributed by atoms with Gasteiger partial charge in [-0.2, -0.15) is 5.10 Å². The van der Waals surface area contributed by atoms with Crippen molar-refractivity contribution in [1.29, 1.82) is 0 Å². The van der Waals surface area contributed by atoms with Gasteiger partial charge in [-0.25, -0.2) is 0 Å². The van der Waals surface area contributed by atoms with E-state index in [4.69, 9.17) is 5.73 Å². The first-order valence-electron chi connectivity index (χ1n) is 4.42. The van der Waals surface area contributed by atoms with E-state index in [9.17, 15) is 0 Å². The number of rotatable bonds is 2. The summed E-state index contributed by atoms with van der Waals surface area (Å²) in [7, 11) is 1.87. The third-order valence-electron chi connectivity index (χ3n) is 2.09. The molecule has 0 bridgehead atoms. The van der Waals surface area contributed by atoms with Gasteiger partial charge in [0.25, 0.3) is 0 Å². The van der Waals surface area contributed by atoms with Crippen LogP contribution in [0.3, 0.4) is 0 Å². The van der Waals surface area contributed by atoms with Crippen LogP contribution in [-0.2, 0) is 7.05 Å². The van der Waals surface area contributed by atoms with Crippen LogP contribution < -0.4 is 5.73 Å². The summed E-state index contributed by atoms with van der Waals surface area (Å²) >= 11 is 0. The first-order chi connectivity index (χ1) is 6.77. The maximum absolute atomic E-state index is 6.01. The molecule has 1 unspecified atom stereocenters. The van der Waals surface area contributed by atoms with Crippen LogP contribution in [0, 0.1) is 0 Å². The van der Waals surface area contributed by atoms with E-state index in [1.165, 1.54) is 0 Å². The molecule has 2 rings (SSSR count). The van der Waals surface area contributed by atoms with Crippen LogP contribution in [0.5, 0.6) is 0 Å². The Labute approximate surface area is 82.4 Å². The third kappa shape index (κ3) is 1.65. The minimum Gasteiger partial charge on any atom is -0.319 e. The monoisotopic (exact) mass is 188 g/mol. The van der Waals surface area contributed by atoms with E-state index in [2.05, 4.69) is 10.1 Å². The van der Waals surface area contributed by atoms with Crippen molar-refractivity contribution in [2.24, 2.45) is 12.8 Å². The van der Waals surface area contributed by atoms with Gasteiger partial charge in [0.1, 0.15) is 0 Å². The fourth-order valence-electron chi connectivity index (χ4n) is 1.33. The number of hydrogen-bond acceptors (Lipinski definition) is 3. The minimum atomic E-state index is -0.190. The van der Waals surface area contributed by atoms with Gasteiger partial charge in [-0.05, 0) is 12.1 Å². The normalized spacial score (nSPS) is 12.7. The van der Waals surface area contributed by atoms with Gasteiger partial charge < -0.3 is 5.73 Å². The van der Waals surface area contributed by atoms with E-state index >= 15 is 0 Å². The van der Waals surface area contributed by atoms with Gasteiger partial charge in [-0.15, -0.1) is 0 Å². The quantitative estimate of drug-likeness (QED) is 0.760. The van der Waals surface area contributed by atoms with Crippen LogP contribution in [0.15, 0.2) is 36.8 Å². The molecule has 0 aliphatic rings. The number of aromatic nitrogens is 3. The molecule has 4 heteroatoms. The molecule has 2 aromatic rings. The van der Waals surface area contributed by atoms with Crippen molar-refractivity contribution in [1.82, 2.24) is 14.8 Å². The van der Waals surface area contributed by atoms with Crippen molar-refractivity contribution < 1.29 is 0 Å². The molecule has 0 spiro atoms. The second kappa shape index (κ2) is 3.59.